The van der Waals surface area contributed by atoms with Crippen molar-refractivity contribution in [3.8, 4) is 11.4 Å². The van der Waals surface area contributed by atoms with Gasteiger partial charge in [0.25, 0.3) is 0 Å². The highest BCUT2D eigenvalue weighted by molar-refractivity contribution is 5.81. The number of nitrogens with zero attached hydrogens (tertiary/aromatic N) is 3. The molecular weight excluding hydrogens is 328 g/mol. The van der Waals surface area contributed by atoms with Gasteiger partial charge in [0, 0.05) is 26.0 Å². The maximum absolute atomic E-state index is 12.5. The third-order valence-electron chi connectivity index (χ3n) is 4.21. The topological polar surface area (TPSA) is 84.4 Å². The summed E-state index contributed by atoms with van der Waals surface area (Å²) in [5.41, 5.74) is 8.97. The van der Waals surface area contributed by atoms with Gasteiger partial charge in [0.15, 0.2) is 0 Å². The molecule has 1 heterocycles. The van der Waals surface area contributed by atoms with Gasteiger partial charge < -0.3 is 15.7 Å². The van der Waals surface area contributed by atoms with Crippen molar-refractivity contribution in [1.82, 2.24) is 14.7 Å². The van der Waals surface area contributed by atoms with E-state index in [2.05, 4.69) is 5.10 Å². The van der Waals surface area contributed by atoms with Crippen molar-refractivity contribution >= 4 is 5.91 Å². The summed E-state index contributed by atoms with van der Waals surface area (Å²) < 4.78 is 1.78. The van der Waals surface area contributed by atoms with Crippen LogP contribution < -0.4 is 5.73 Å². The molecule has 0 saturated heterocycles. The molecule has 3 N–H and O–H groups in total. The van der Waals surface area contributed by atoms with Crippen LogP contribution in [0.2, 0.25) is 0 Å². The summed E-state index contributed by atoms with van der Waals surface area (Å²) in [6.45, 7) is 0.488. The fourth-order valence-electron chi connectivity index (χ4n) is 2.78. The number of likely N-dealkylation sites (N-methyl/N-ethyl adjacent to an activating group) is 1. The molecule has 0 aliphatic heterocycles. The van der Waals surface area contributed by atoms with Gasteiger partial charge in [-0.15, -0.1) is 0 Å². The molecule has 0 radical (unpaired) electrons. The van der Waals surface area contributed by atoms with Gasteiger partial charge in [-0.1, -0.05) is 24.3 Å². The molecule has 26 heavy (non-hydrogen) atoms. The van der Waals surface area contributed by atoms with E-state index in [9.17, 15) is 9.90 Å². The number of nitrogens with two attached hydrogens (primary N) is 1. The molecule has 0 fully saturated rings. The van der Waals surface area contributed by atoms with E-state index in [0.29, 0.717) is 13.0 Å². The molecular formula is C20H22N4O2. The predicted molar refractivity (Wildman–Crippen MR) is 99.8 cm³/mol. The number of aromatic nitrogens is 2. The van der Waals surface area contributed by atoms with Gasteiger partial charge in [-0.25, -0.2) is 4.68 Å². The maximum atomic E-state index is 12.5. The van der Waals surface area contributed by atoms with E-state index in [1.807, 2.05) is 36.5 Å². The van der Waals surface area contributed by atoms with E-state index in [-0.39, 0.29) is 11.7 Å². The Morgan fingerprint density at radius 2 is 1.81 bits per heavy atom. The van der Waals surface area contributed by atoms with Crippen LogP contribution in [0.1, 0.15) is 11.1 Å². The van der Waals surface area contributed by atoms with E-state index in [0.717, 1.165) is 16.8 Å². The number of rotatable bonds is 6. The summed E-state index contributed by atoms with van der Waals surface area (Å²) in [7, 11) is 1.75. The van der Waals surface area contributed by atoms with Crippen LogP contribution in [-0.2, 0) is 17.8 Å². The first kappa shape index (κ1) is 17.7. The van der Waals surface area contributed by atoms with Crippen LogP contribution in [0.4, 0.5) is 0 Å². The molecule has 3 rings (SSSR count). The molecule has 0 unspecified atom stereocenters. The van der Waals surface area contributed by atoms with Gasteiger partial charge in [-0.2, -0.15) is 5.10 Å². The zero-order valence-electron chi connectivity index (χ0n) is 14.6. The Bertz CT molecular complexity index is 843. The van der Waals surface area contributed by atoms with Gasteiger partial charge in [-0.05, 0) is 47.9 Å². The summed E-state index contributed by atoms with van der Waals surface area (Å²) in [4.78, 5) is 14.1. The lowest BCUT2D eigenvalue weighted by atomic mass is 10.1. The van der Waals surface area contributed by atoms with E-state index < -0.39 is 6.04 Å². The van der Waals surface area contributed by atoms with Gasteiger partial charge in [0.1, 0.15) is 5.75 Å². The zero-order chi connectivity index (χ0) is 18.5. The van der Waals surface area contributed by atoms with Crippen LogP contribution in [0.3, 0.4) is 0 Å². The average molecular weight is 350 g/mol. The molecule has 0 aliphatic carbocycles. The summed E-state index contributed by atoms with van der Waals surface area (Å²) in [5.74, 6) is 0.0820. The first-order valence-corrected chi connectivity index (χ1v) is 8.40. The van der Waals surface area contributed by atoms with Crippen LogP contribution in [-0.4, -0.2) is 38.8 Å². The van der Waals surface area contributed by atoms with Crippen LogP contribution in [0.25, 0.3) is 5.69 Å². The zero-order valence-corrected chi connectivity index (χ0v) is 14.6. The van der Waals surface area contributed by atoms with Crippen molar-refractivity contribution in [1.29, 1.82) is 0 Å². The molecule has 6 heteroatoms. The number of hydrogen-bond donors (Lipinski definition) is 2. The van der Waals surface area contributed by atoms with Crippen LogP contribution in [0.15, 0.2) is 67.0 Å². The number of carbonyl (C=O) groups is 1. The maximum Gasteiger partial charge on any atom is 0.239 e. The molecule has 0 saturated carbocycles. The Hall–Kier alpha value is -3.12. The number of phenolic OH excluding ortho intramolecular Hbond substituents is 1. The minimum absolute atomic E-state index is 0.116. The van der Waals surface area contributed by atoms with Gasteiger partial charge in [-0.3, -0.25) is 4.79 Å². The Kier molecular flexibility index (Phi) is 5.34. The normalized spacial score (nSPS) is 11.9. The Morgan fingerprint density at radius 1 is 1.15 bits per heavy atom. The summed E-state index contributed by atoms with van der Waals surface area (Å²) in [6.07, 6.45) is 4.05. The fraction of sp³-hybridized carbons (Fsp3) is 0.200. The van der Waals surface area contributed by atoms with Gasteiger partial charge in [0.05, 0.1) is 11.7 Å². The van der Waals surface area contributed by atoms with Gasteiger partial charge >= 0.3 is 0 Å². The molecule has 6 nitrogen and oxygen atoms in total. The lowest BCUT2D eigenvalue weighted by molar-refractivity contribution is -0.131. The van der Waals surface area contributed by atoms with Crippen molar-refractivity contribution < 1.29 is 9.90 Å². The van der Waals surface area contributed by atoms with Gasteiger partial charge in [0.2, 0.25) is 5.91 Å². The second-order valence-corrected chi connectivity index (χ2v) is 6.29. The first-order valence-electron chi connectivity index (χ1n) is 8.40. The van der Waals surface area contributed by atoms with Crippen LogP contribution in [0, 0.1) is 0 Å². The monoisotopic (exact) mass is 350 g/mol. The number of carbonyl (C=O) groups excluding carboxylic acids is 1. The van der Waals surface area contributed by atoms with Crippen molar-refractivity contribution in [3.05, 3.63) is 78.1 Å². The molecule has 3 aromatic rings. The number of amides is 1. The van der Waals surface area contributed by atoms with Crippen molar-refractivity contribution in [2.45, 2.75) is 19.0 Å². The molecule has 1 amide bonds. The number of phenols is 1. The number of aromatic hydroxyl groups is 1. The van der Waals surface area contributed by atoms with Crippen molar-refractivity contribution in [3.63, 3.8) is 0 Å². The highest BCUT2D eigenvalue weighted by atomic mass is 16.3. The van der Waals surface area contributed by atoms with E-state index in [1.165, 1.54) is 0 Å². The summed E-state index contributed by atoms with van der Waals surface area (Å²) >= 11 is 0. The van der Waals surface area contributed by atoms with Crippen LogP contribution in [0.5, 0.6) is 5.75 Å². The Labute approximate surface area is 152 Å². The standard InChI is InChI=1S/C20H22N4O2/c1-23(20(26)19(21)13-15-5-9-18(25)10-6-15)14-16-3-7-17(8-4-16)24-12-2-11-22-24/h2-12,19,25H,13-14,21H2,1H3/t19-/m0/s1. The second-order valence-electron chi connectivity index (χ2n) is 6.29. The Balaban J connectivity index is 1.58. The predicted octanol–water partition coefficient (Wildman–Crippen LogP) is 2.11. The number of benzene rings is 2. The summed E-state index contributed by atoms with van der Waals surface area (Å²) in [5, 5.41) is 13.5. The van der Waals surface area contributed by atoms with E-state index in [1.54, 1.807) is 47.1 Å². The molecule has 1 aromatic heterocycles. The first-order chi connectivity index (χ1) is 12.5. The average Bonchev–Trinajstić information content (AvgIpc) is 3.18. The van der Waals surface area contributed by atoms with Crippen molar-refractivity contribution in [2.75, 3.05) is 7.05 Å². The Morgan fingerprint density at radius 3 is 2.42 bits per heavy atom. The summed E-state index contributed by atoms with van der Waals surface area (Å²) in [6, 6.07) is 15.9. The molecule has 0 aliphatic rings. The highest BCUT2D eigenvalue weighted by Gasteiger charge is 2.18. The molecule has 0 spiro atoms. The minimum atomic E-state index is -0.618. The number of hydrogen-bond acceptors (Lipinski definition) is 4. The third kappa shape index (κ3) is 4.29. The third-order valence-corrected chi connectivity index (χ3v) is 4.21. The lowest BCUT2D eigenvalue weighted by Gasteiger charge is -2.21. The molecule has 0 bridgehead atoms. The molecule has 1 atom stereocenters. The smallest absolute Gasteiger partial charge is 0.239 e. The van der Waals surface area contributed by atoms with Crippen molar-refractivity contribution in [2.24, 2.45) is 5.73 Å². The highest BCUT2D eigenvalue weighted by Crippen LogP contribution is 2.13. The lowest BCUT2D eigenvalue weighted by Crippen LogP contribution is -2.42. The van der Waals surface area contributed by atoms with Crippen LogP contribution >= 0.6 is 0 Å². The minimum Gasteiger partial charge on any atom is -0.508 e. The van der Waals surface area contributed by atoms with E-state index >= 15 is 0 Å². The second kappa shape index (κ2) is 7.84. The quantitative estimate of drug-likeness (QED) is 0.713. The molecule has 2 aromatic carbocycles. The SMILES string of the molecule is CN(Cc1ccc(-n2cccn2)cc1)C(=O)[C@@H](N)Cc1ccc(O)cc1. The largest absolute Gasteiger partial charge is 0.508 e. The molecule has 134 valence electrons. The fourth-order valence-corrected chi connectivity index (χ4v) is 2.78. The van der Waals surface area contributed by atoms with E-state index in [4.69, 9.17) is 5.73 Å².